The predicted octanol–water partition coefficient (Wildman–Crippen LogP) is 3.52. The first-order valence-corrected chi connectivity index (χ1v) is 7.12. The first-order chi connectivity index (χ1) is 8.36. The van der Waals surface area contributed by atoms with E-state index >= 15 is 0 Å². The Balaban J connectivity index is 1.84. The van der Waals surface area contributed by atoms with Crippen molar-refractivity contribution in [2.75, 3.05) is 20.3 Å². The van der Waals surface area contributed by atoms with Gasteiger partial charge in [0.1, 0.15) is 6.10 Å². The molecule has 2 unspecified atom stereocenters. The fourth-order valence-electron chi connectivity index (χ4n) is 1.92. The Morgan fingerprint density at radius 2 is 1.76 bits per heavy atom. The van der Waals surface area contributed by atoms with Crippen LogP contribution < -0.4 is 0 Å². The van der Waals surface area contributed by atoms with Crippen LogP contribution in [-0.2, 0) is 14.2 Å². The molecule has 3 heteroatoms. The zero-order valence-electron chi connectivity index (χ0n) is 11.5. The van der Waals surface area contributed by atoms with Gasteiger partial charge in [0, 0.05) is 7.11 Å². The quantitative estimate of drug-likeness (QED) is 0.299. The van der Waals surface area contributed by atoms with Gasteiger partial charge < -0.3 is 14.2 Å². The van der Waals surface area contributed by atoms with Crippen LogP contribution in [0.5, 0.6) is 0 Å². The zero-order valence-corrected chi connectivity index (χ0v) is 11.5. The molecule has 0 amide bonds. The maximum absolute atomic E-state index is 5.61. The van der Waals surface area contributed by atoms with Gasteiger partial charge in [-0.15, -0.1) is 0 Å². The van der Waals surface area contributed by atoms with Crippen LogP contribution in [0, 0.1) is 0 Å². The Bertz CT molecular complexity index is 169. The van der Waals surface area contributed by atoms with E-state index in [1.807, 2.05) is 0 Å². The highest BCUT2D eigenvalue weighted by molar-refractivity contribution is 4.67. The molecule has 0 aromatic rings. The Morgan fingerprint density at radius 1 is 1.12 bits per heavy atom. The summed E-state index contributed by atoms with van der Waals surface area (Å²) in [5, 5.41) is 0. The summed E-state index contributed by atoms with van der Waals surface area (Å²) in [6.45, 7) is 3.80. The minimum absolute atomic E-state index is 0.0326. The monoisotopic (exact) mass is 244 g/mol. The van der Waals surface area contributed by atoms with Gasteiger partial charge in [-0.05, 0) is 12.8 Å². The molecular weight excluding hydrogens is 216 g/mol. The van der Waals surface area contributed by atoms with E-state index in [0.717, 1.165) is 13.0 Å². The van der Waals surface area contributed by atoms with Crippen LogP contribution in [0.3, 0.4) is 0 Å². The molecule has 0 aromatic heterocycles. The molecule has 1 aliphatic rings. The maximum Gasteiger partial charge on any atom is 0.157 e. The third kappa shape index (κ3) is 8.58. The Morgan fingerprint density at radius 3 is 2.35 bits per heavy atom. The van der Waals surface area contributed by atoms with Gasteiger partial charge in [-0.3, -0.25) is 0 Å². The van der Waals surface area contributed by atoms with Crippen LogP contribution in [-0.4, -0.2) is 32.7 Å². The summed E-state index contributed by atoms with van der Waals surface area (Å²) in [6.07, 6.45) is 10.6. The first kappa shape index (κ1) is 14.9. The molecule has 0 radical (unpaired) electrons. The van der Waals surface area contributed by atoms with Crippen molar-refractivity contribution in [2.45, 2.75) is 70.7 Å². The molecule has 0 aliphatic carbocycles. The lowest BCUT2D eigenvalue weighted by Crippen LogP contribution is -2.18. The molecule has 1 saturated heterocycles. The van der Waals surface area contributed by atoms with E-state index in [4.69, 9.17) is 14.2 Å². The number of unbranched alkanes of at least 4 members (excludes halogenated alkanes) is 6. The van der Waals surface area contributed by atoms with Crippen LogP contribution in [0.25, 0.3) is 0 Å². The third-order valence-corrected chi connectivity index (χ3v) is 3.18. The summed E-state index contributed by atoms with van der Waals surface area (Å²) in [5.41, 5.74) is 0. The molecule has 0 N–H and O–H groups in total. The Kier molecular flexibility index (Phi) is 8.67. The lowest BCUT2D eigenvalue weighted by Gasteiger charge is -2.15. The van der Waals surface area contributed by atoms with E-state index in [0.29, 0.717) is 12.7 Å². The molecule has 2 atom stereocenters. The molecule has 17 heavy (non-hydrogen) atoms. The second-order valence-corrected chi connectivity index (χ2v) is 4.86. The third-order valence-electron chi connectivity index (χ3n) is 3.18. The van der Waals surface area contributed by atoms with E-state index < -0.39 is 0 Å². The van der Waals surface area contributed by atoms with Gasteiger partial charge in [-0.1, -0.05) is 45.4 Å². The van der Waals surface area contributed by atoms with Crippen LogP contribution in [0.2, 0.25) is 0 Å². The highest BCUT2D eigenvalue weighted by Crippen LogP contribution is 2.14. The van der Waals surface area contributed by atoms with Gasteiger partial charge in [0.15, 0.2) is 6.29 Å². The van der Waals surface area contributed by atoms with Gasteiger partial charge in [0.2, 0.25) is 0 Å². The number of methoxy groups -OCH3 is 1. The highest BCUT2D eigenvalue weighted by atomic mass is 16.7. The highest BCUT2D eigenvalue weighted by Gasteiger charge is 2.24. The van der Waals surface area contributed by atoms with E-state index in [1.165, 1.54) is 44.9 Å². The van der Waals surface area contributed by atoms with E-state index in [1.54, 1.807) is 7.11 Å². The van der Waals surface area contributed by atoms with Crippen LogP contribution in [0.4, 0.5) is 0 Å². The van der Waals surface area contributed by atoms with Gasteiger partial charge in [-0.2, -0.15) is 0 Å². The molecular formula is C14H28O3. The lowest BCUT2D eigenvalue weighted by molar-refractivity contribution is -0.130. The predicted molar refractivity (Wildman–Crippen MR) is 69.1 cm³/mol. The largest absolute Gasteiger partial charge is 0.371 e. The Hall–Kier alpha value is -0.120. The lowest BCUT2D eigenvalue weighted by atomic mass is 10.1. The first-order valence-electron chi connectivity index (χ1n) is 7.12. The minimum atomic E-state index is -0.0326. The van der Waals surface area contributed by atoms with Gasteiger partial charge >= 0.3 is 0 Å². The SMILES string of the molecule is CCCCCCCCCC(OC)OCC1CO1. The number of hydrogen-bond acceptors (Lipinski definition) is 3. The molecule has 1 heterocycles. The maximum atomic E-state index is 5.61. The van der Waals surface area contributed by atoms with E-state index in [-0.39, 0.29) is 6.29 Å². The Labute approximate surface area is 106 Å². The van der Waals surface area contributed by atoms with Gasteiger partial charge in [-0.25, -0.2) is 0 Å². The summed E-state index contributed by atoms with van der Waals surface area (Å²) in [4.78, 5) is 0. The second-order valence-electron chi connectivity index (χ2n) is 4.86. The van der Waals surface area contributed by atoms with Crippen molar-refractivity contribution in [3.63, 3.8) is 0 Å². The average Bonchev–Trinajstić information content (AvgIpc) is 3.16. The van der Waals surface area contributed by atoms with Crippen molar-refractivity contribution in [3.8, 4) is 0 Å². The topological polar surface area (TPSA) is 31.0 Å². The fourth-order valence-corrected chi connectivity index (χ4v) is 1.92. The summed E-state index contributed by atoms with van der Waals surface area (Å²) in [5.74, 6) is 0. The number of hydrogen-bond donors (Lipinski definition) is 0. The molecule has 0 bridgehead atoms. The summed E-state index contributed by atoms with van der Waals surface area (Å²) in [7, 11) is 1.72. The molecule has 0 spiro atoms. The van der Waals surface area contributed by atoms with Crippen molar-refractivity contribution in [3.05, 3.63) is 0 Å². The van der Waals surface area contributed by atoms with Crippen molar-refractivity contribution in [2.24, 2.45) is 0 Å². The van der Waals surface area contributed by atoms with Crippen LogP contribution >= 0.6 is 0 Å². The number of rotatable bonds is 12. The van der Waals surface area contributed by atoms with E-state index in [9.17, 15) is 0 Å². The number of epoxide rings is 1. The van der Waals surface area contributed by atoms with Crippen LogP contribution in [0.1, 0.15) is 58.3 Å². The van der Waals surface area contributed by atoms with Crippen molar-refractivity contribution in [1.29, 1.82) is 0 Å². The summed E-state index contributed by atoms with van der Waals surface area (Å²) >= 11 is 0. The molecule has 3 nitrogen and oxygen atoms in total. The summed E-state index contributed by atoms with van der Waals surface area (Å²) < 4.78 is 16.0. The normalized spacial score (nSPS) is 20.5. The number of ether oxygens (including phenoxy) is 3. The zero-order chi connectivity index (χ0) is 12.3. The minimum Gasteiger partial charge on any atom is -0.371 e. The molecule has 1 rings (SSSR count). The summed E-state index contributed by atoms with van der Waals surface area (Å²) in [6, 6.07) is 0. The van der Waals surface area contributed by atoms with Gasteiger partial charge in [0.25, 0.3) is 0 Å². The van der Waals surface area contributed by atoms with Crippen molar-refractivity contribution in [1.82, 2.24) is 0 Å². The molecule has 0 saturated carbocycles. The van der Waals surface area contributed by atoms with Crippen molar-refractivity contribution >= 4 is 0 Å². The smallest absolute Gasteiger partial charge is 0.157 e. The second kappa shape index (κ2) is 9.86. The molecule has 1 aliphatic heterocycles. The molecule has 102 valence electrons. The molecule has 1 fully saturated rings. The van der Waals surface area contributed by atoms with Crippen LogP contribution in [0.15, 0.2) is 0 Å². The standard InChI is InChI=1S/C14H28O3/c1-3-4-5-6-7-8-9-10-14(15-2)17-12-13-11-16-13/h13-14H,3-12H2,1-2H3. The molecule has 0 aromatic carbocycles. The van der Waals surface area contributed by atoms with Crippen molar-refractivity contribution < 1.29 is 14.2 Å². The fraction of sp³-hybridized carbons (Fsp3) is 1.00. The average molecular weight is 244 g/mol. The van der Waals surface area contributed by atoms with Gasteiger partial charge in [0.05, 0.1) is 13.2 Å². The van der Waals surface area contributed by atoms with E-state index in [2.05, 4.69) is 6.92 Å².